The first-order chi connectivity index (χ1) is 11.7. The number of esters is 1. The molecule has 0 radical (unpaired) electrons. The molecule has 144 valence electrons. The van der Waals surface area contributed by atoms with Crippen LogP contribution in [-0.4, -0.2) is 63.7 Å². The summed E-state index contributed by atoms with van der Waals surface area (Å²) < 4.78 is 9.88. The Labute approximate surface area is 148 Å². The highest BCUT2D eigenvalue weighted by Crippen LogP contribution is 2.20. The number of aliphatic hydroxyl groups is 4. The monoisotopic (exact) mass is 358 g/mol. The lowest BCUT2D eigenvalue weighted by atomic mass is 9.99. The zero-order chi connectivity index (χ0) is 19.0. The third kappa shape index (κ3) is 7.66. The van der Waals surface area contributed by atoms with E-state index >= 15 is 0 Å². The van der Waals surface area contributed by atoms with E-state index in [1.807, 2.05) is 0 Å². The van der Waals surface area contributed by atoms with Gasteiger partial charge >= 0.3 is 5.97 Å². The van der Waals surface area contributed by atoms with E-state index < -0.39 is 36.7 Å². The summed E-state index contributed by atoms with van der Waals surface area (Å²) in [5, 5.41) is 38.1. The molecule has 6 atom stereocenters. The molecule has 7 nitrogen and oxygen atoms in total. The van der Waals surface area contributed by atoms with E-state index in [2.05, 4.69) is 26.8 Å². The second kappa shape index (κ2) is 10.7. The summed E-state index contributed by atoms with van der Waals surface area (Å²) in [5.41, 5.74) is 1.29. The largest absolute Gasteiger partial charge is 0.460 e. The van der Waals surface area contributed by atoms with Crippen molar-refractivity contribution in [2.24, 2.45) is 5.92 Å². The lowest BCUT2D eigenvalue weighted by Crippen LogP contribution is -2.58. The topological polar surface area (TPSA) is 116 Å². The Morgan fingerprint density at radius 3 is 2.48 bits per heavy atom. The van der Waals surface area contributed by atoms with Gasteiger partial charge in [0.05, 0.1) is 0 Å². The molecule has 1 aliphatic rings. The summed E-state index contributed by atoms with van der Waals surface area (Å²) in [6.07, 6.45) is 0.662. The highest BCUT2D eigenvalue weighted by atomic mass is 16.6. The van der Waals surface area contributed by atoms with Gasteiger partial charge in [0.1, 0.15) is 31.0 Å². The Kier molecular flexibility index (Phi) is 9.31. The van der Waals surface area contributed by atoms with Crippen molar-refractivity contribution in [1.82, 2.24) is 0 Å². The van der Waals surface area contributed by atoms with Crippen LogP contribution < -0.4 is 0 Å². The van der Waals surface area contributed by atoms with E-state index in [-0.39, 0.29) is 6.61 Å². The van der Waals surface area contributed by atoms with Crippen molar-refractivity contribution in [2.45, 2.75) is 70.7 Å². The van der Waals surface area contributed by atoms with Crippen LogP contribution in [0.2, 0.25) is 0 Å². The molecule has 0 aromatic rings. The van der Waals surface area contributed by atoms with E-state index in [0.29, 0.717) is 5.92 Å². The van der Waals surface area contributed by atoms with Gasteiger partial charge in [-0.1, -0.05) is 24.6 Å². The summed E-state index contributed by atoms with van der Waals surface area (Å²) in [7, 11) is 0. The average molecular weight is 358 g/mol. The zero-order valence-corrected chi connectivity index (χ0v) is 15.0. The fourth-order valence-corrected chi connectivity index (χ4v) is 2.45. The van der Waals surface area contributed by atoms with Crippen molar-refractivity contribution in [3.05, 3.63) is 23.8 Å². The normalized spacial score (nSPS) is 30.9. The highest BCUT2D eigenvalue weighted by molar-refractivity contribution is 5.81. The van der Waals surface area contributed by atoms with Gasteiger partial charge in [-0.15, -0.1) is 0 Å². The summed E-state index contributed by atoms with van der Waals surface area (Å²) >= 11 is 0. The lowest BCUT2D eigenvalue weighted by Gasteiger charge is -2.37. The molecular weight excluding hydrogens is 328 g/mol. The maximum absolute atomic E-state index is 11.7. The van der Waals surface area contributed by atoms with E-state index in [1.165, 1.54) is 11.6 Å². The molecule has 1 saturated heterocycles. The first kappa shape index (κ1) is 21.8. The maximum atomic E-state index is 11.7. The molecule has 25 heavy (non-hydrogen) atoms. The molecular formula is C18H30O7. The standard InChI is InChI=1S/C18H30O7/c1-11(2)6-4-7-12(3)8-5-9-14(19)24-10-13-15(20)16(21)17(22)18(23)25-13/h5-6,9,12-13,15-18,20-23H,4,7-8,10H2,1-3H3/b9-5+/t12-,13-,15-,16+,17-,18-/m1/s1. The Morgan fingerprint density at radius 2 is 1.84 bits per heavy atom. The minimum Gasteiger partial charge on any atom is -0.460 e. The Hall–Kier alpha value is -1.25. The Morgan fingerprint density at radius 1 is 1.16 bits per heavy atom. The van der Waals surface area contributed by atoms with Gasteiger partial charge in [0.25, 0.3) is 0 Å². The van der Waals surface area contributed by atoms with E-state index in [9.17, 15) is 25.2 Å². The number of aliphatic hydroxyl groups excluding tert-OH is 4. The molecule has 0 aromatic carbocycles. The Balaban J connectivity index is 2.31. The fraction of sp³-hybridized carbons (Fsp3) is 0.722. The van der Waals surface area contributed by atoms with Crippen molar-refractivity contribution in [1.29, 1.82) is 0 Å². The zero-order valence-electron chi connectivity index (χ0n) is 15.0. The van der Waals surface area contributed by atoms with Gasteiger partial charge in [-0.05, 0) is 39.0 Å². The van der Waals surface area contributed by atoms with Crippen molar-refractivity contribution in [2.75, 3.05) is 6.61 Å². The van der Waals surface area contributed by atoms with Crippen LogP contribution in [0.25, 0.3) is 0 Å². The molecule has 0 unspecified atom stereocenters. The molecule has 0 saturated carbocycles. The van der Waals surface area contributed by atoms with Gasteiger partial charge < -0.3 is 29.9 Å². The number of hydrogen-bond donors (Lipinski definition) is 4. The predicted molar refractivity (Wildman–Crippen MR) is 91.4 cm³/mol. The molecule has 0 amide bonds. The van der Waals surface area contributed by atoms with Crippen LogP contribution in [-0.2, 0) is 14.3 Å². The van der Waals surface area contributed by atoms with Crippen LogP contribution in [0.1, 0.15) is 40.0 Å². The lowest BCUT2D eigenvalue weighted by molar-refractivity contribution is -0.287. The van der Waals surface area contributed by atoms with Gasteiger partial charge in [0.15, 0.2) is 6.29 Å². The van der Waals surface area contributed by atoms with Crippen molar-refractivity contribution < 1.29 is 34.7 Å². The third-order valence-electron chi connectivity index (χ3n) is 4.08. The molecule has 0 spiro atoms. The molecule has 1 heterocycles. The summed E-state index contributed by atoms with van der Waals surface area (Å²) in [6, 6.07) is 0. The molecule has 0 bridgehead atoms. The number of rotatable bonds is 8. The number of allylic oxidation sites excluding steroid dienone is 3. The minimum absolute atomic E-state index is 0.332. The van der Waals surface area contributed by atoms with Crippen molar-refractivity contribution >= 4 is 5.97 Å². The number of carbonyl (C=O) groups is 1. The molecule has 7 heteroatoms. The van der Waals surface area contributed by atoms with Crippen molar-refractivity contribution in [3.8, 4) is 0 Å². The molecule has 1 rings (SSSR count). The van der Waals surface area contributed by atoms with Gasteiger partial charge in [-0.3, -0.25) is 0 Å². The molecule has 1 fully saturated rings. The van der Waals surface area contributed by atoms with Crippen LogP contribution in [0.5, 0.6) is 0 Å². The van der Waals surface area contributed by atoms with Crippen LogP contribution in [0, 0.1) is 5.92 Å². The Bertz CT molecular complexity index is 470. The average Bonchev–Trinajstić information content (AvgIpc) is 2.54. The SMILES string of the molecule is CC(C)=CCC[C@@H](C)C/C=C/C(=O)OC[C@H]1O[C@@H](O)[C@H](O)[C@@H](O)[C@@H]1O. The smallest absolute Gasteiger partial charge is 0.330 e. The predicted octanol–water partition coefficient (Wildman–Crippen LogP) is 0.658. The first-order valence-corrected chi connectivity index (χ1v) is 8.56. The second-order valence-electron chi connectivity index (χ2n) is 6.77. The number of ether oxygens (including phenoxy) is 2. The van der Waals surface area contributed by atoms with E-state index in [4.69, 9.17) is 9.47 Å². The second-order valence-corrected chi connectivity index (χ2v) is 6.77. The number of carbonyl (C=O) groups excluding carboxylic acids is 1. The molecule has 0 aliphatic carbocycles. The van der Waals surface area contributed by atoms with E-state index in [1.54, 1.807) is 6.08 Å². The van der Waals surface area contributed by atoms with Gasteiger partial charge in [0.2, 0.25) is 0 Å². The van der Waals surface area contributed by atoms with Gasteiger partial charge in [-0.2, -0.15) is 0 Å². The summed E-state index contributed by atoms with van der Waals surface area (Å²) in [6.45, 7) is 5.90. The fourth-order valence-electron chi connectivity index (χ4n) is 2.45. The first-order valence-electron chi connectivity index (χ1n) is 8.56. The van der Waals surface area contributed by atoms with Crippen LogP contribution in [0.4, 0.5) is 0 Å². The number of hydrogen-bond acceptors (Lipinski definition) is 7. The highest BCUT2D eigenvalue weighted by Gasteiger charge is 2.43. The maximum Gasteiger partial charge on any atom is 0.330 e. The van der Waals surface area contributed by atoms with Crippen LogP contribution in [0.15, 0.2) is 23.8 Å². The van der Waals surface area contributed by atoms with Crippen molar-refractivity contribution in [3.63, 3.8) is 0 Å². The molecule has 4 N–H and O–H groups in total. The van der Waals surface area contributed by atoms with Crippen LogP contribution in [0.3, 0.4) is 0 Å². The molecule has 1 aliphatic heterocycles. The molecule has 0 aromatic heterocycles. The third-order valence-corrected chi connectivity index (χ3v) is 4.08. The van der Waals surface area contributed by atoms with Gasteiger partial charge in [-0.25, -0.2) is 4.79 Å². The summed E-state index contributed by atoms with van der Waals surface area (Å²) in [5.74, 6) is -0.155. The quantitative estimate of drug-likeness (QED) is 0.286. The summed E-state index contributed by atoms with van der Waals surface area (Å²) in [4.78, 5) is 11.7. The minimum atomic E-state index is -1.64. The van der Waals surface area contributed by atoms with E-state index in [0.717, 1.165) is 19.3 Å². The van der Waals surface area contributed by atoms with Crippen LogP contribution >= 0.6 is 0 Å². The van der Waals surface area contributed by atoms with Gasteiger partial charge in [0, 0.05) is 6.08 Å².